The Labute approximate surface area is 500 Å². The number of carboxylic acids is 1. The van der Waals surface area contributed by atoms with Crippen molar-refractivity contribution in [1.82, 2.24) is 52.5 Å². The van der Waals surface area contributed by atoms with Gasteiger partial charge < -0.3 is 91.4 Å². The zero-order valence-corrected chi connectivity index (χ0v) is 50.0. The topological polar surface area (TPSA) is 477 Å². The fourth-order valence-corrected chi connectivity index (χ4v) is 9.48. The molecule has 0 spiro atoms. The first-order chi connectivity index (χ1) is 40.7. The lowest BCUT2D eigenvalue weighted by atomic mass is 9.98. The summed E-state index contributed by atoms with van der Waals surface area (Å²) in [6.07, 6.45) is 3.63. The molecule has 4 rings (SSSR count). The molecule has 0 saturated heterocycles. The molecule has 28 heteroatoms. The fraction of sp³-hybridized carbons (Fsp3) is 0.534. The van der Waals surface area contributed by atoms with Crippen molar-refractivity contribution in [2.24, 2.45) is 56.4 Å². The summed E-state index contributed by atoms with van der Waals surface area (Å²) in [5.74, 6) is -8.63. The predicted octanol–water partition coefficient (Wildman–Crippen LogP) is -1.02. The number of nitrogens with two attached hydrogens (primary N) is 5. The number of carboxylic acid groups (broad SMARTS) is 1. The minimum absolute atomic E-state index is 0.0329. The molecule has 0 radical (unpaired) electrons. The van der Waals surface area contributed by atoms with E-state index in [1.807, 2.05) is 84.0 Å². The summed E-state index contributed by atoms with van der Waals surface area (Å²) in [6, 6.07) is 2.67. The first-order valence-electron chi connectivity index (χ1n) is 28.9. The highest BCUT2D eigenvalue weighted by atomic mass is 16.4. The van der Waals surface area contributed by atoms with Crippen molar-refractivity contribution in [3.63, 3.8) is 0 Å². The van der Waals surface area contributed by atoms with Crippen molar-refractivity contribution in [2.45, 2.75) is 161 Å². The third kappa shape index (κ3) is 22.7. The van der Waals surface area contributed by atoms with Gasteiger partial charge in [-0.05, 0) is 92.9 Å². The average Bonchev–Trinajstić information content (AvgIpc) is 2.78. The van der Waals surface area contributed by atoms with Gasteiger partial charge in [0.05, 0.1) is 6.61 Å². The molecule has 0 aliphatic rings. The molecule has 0 aliphatic carbocycles. The Balaban J connectivity index is 1.68. The summed E-state index contributed by atoms with van der Waals surface area (Å²) in [6.45, 7) is 11.6. The van der Waals surface area contributed by atoms with Crippen LogP contribution in [0.3, 0.4) is 0 Å². The molecule has 0 unspecified atom stereocenters. The highest BCUT2D eigenvalue weighted by Gasteiger charge is 2.36. The van der Waals surface area contributed by atoms with Crippen LogP contribution in [-0.4, -0.2) is 159 Å². The van der Waals surface area contributed by atoms with Gasteiger partial charge in [-0.3, -0.25) is 53.1 Å². The monoisotopic (exact) mass is 1200 g/mol. The van der Waals surface area contributed by atoms with Gasteiger partial charge in [0.2, 0.25) is 47.3 Å². The van der Waals surface area contributed by atoms with Crippen LogP contribution < -0.4 is 71.2 Å². The largest absolute Gasteiger partial charge is 0.480 e. The average molecular weight is 1200 g/mol. The van der Waals surface area contributed by atoms with E-state index in [2.05, 4.69) is 62.5 Å². The number of carbonyl (C=O) groups is 9. The molecular formula is C58H89N17O11. The van der Waals surface area contributed by atoms with Gasteiger partial charge in [-0.1, -0.05) is 77.9 Å². The van der Waals surface area contributed by atoms with Gasteiger partial charge in [0, 0.05) is 60.1 Å². The number of benzene rings is 2. The van der Waals surface area contributed by atoms with Gasteiger partial charge in [0.15, 0.2) is 11.9 Å². The maximum Gasteiger partial charge on any atom is 0.325 e. The van der Waals surface area contributed by atoms with E-state index >= 15 is 0 Å². The highest BCUT2D eigenvalue weighted by Crippen LogP contribution is 2.22. The molecule has 86 heavy (non-hydrogen) atoms. The number of guanidine groups is 2. The number of carbonyl (C=O) groups excluding carboxylic acids is 8. The van der Waals surface area contributed by atoms with Crippen molar-refractivity contribution in [1.29, 1.82) is 0 Å². The maximum atomic E-state index is 14.7. The van der Waals surface area contributed by atoms with Crippen LogP contribution >= 0.6 is 0 Å². The lowest BCUT2D eigenvalue weighted by Gasteiger charge is -2.29. The summed E-state index contributed by atoms with van der Waals surface area (Å²) < 4.78 is 0. The predicted molar refractivity (Wildman–Crippen MR) is 326 cm³/mol. The van der Waals surface area contributed by atoms with Crippen LogP contribution in [0.2, 0.25) is 0 Å². The molecule has 472 valence electrons. The molecule has 2 aromatic heterocycles. The molecule has 0 saturated carbocycles. The van der Waals surface area contributed by atoms with Crippen LogP contribution in [-0.2, 0) is 56.0 Å². The number of aliphatic hydroxyl groups excluding tert-OH is 1. The second-order valence-electron chi connectivity index (χ2n) is 22.7. The molecule has 8 amide bonds. The summed E-state index contributed by atoms with van der Waals surface area (Å²) in [4.78, 5) is 140. The number of nitrogens with one attached hydrogen (secondary N) is 10. The third-order valence-corrected chi connectivity index (χ3v) is 13.9. The van der Waals surface area contributed by atoms with Gasteiger partial charge >= 0.3 is 5.97 Å². The van der Waals surface area contributed by atoms with Crippen LogP contribution in [0.5, 0.6) is 0 Å². The molecule has 4 aromatic rings. The van der Waals surface area contributed by atoms with Gasteiger partial charge in [0.1, 0.15) is 54.4 Å². The van der Waals surface area contributed by atoms with E-state index in [0.717, 1.165) is 21.8 Å². The molecule has 22 N–H and O–H groups in total. The van der Waals surface area contributed by atoms with Crippen LogP contribution in [0, 0.1) is 17.8 Å². The smallest absolute Gasteiger partial charge is 0.325 e. The van der Waals surface area contributed by atoms with Crippen molar-refractivity contribution in [3.8, 4) is 0 Å². The Hall–Kier alpha value is -8.79. The van der Waals surface area contributed by atoms with E-state index in [1.165, 1.54) is 6.92 Å². The van der Waals surface area contributed by atoms with Crippen molar-refractivity contribution in [2.75, 3.05) is 19.7 Å². The third-order valence-electron chi connectivity index (χ3n) is 13.9. The van der Waals surface area contributed by atoms with E-state index in [-0.39, 0.29) is 101 Å². The van der Waals surface area contributed by atoms with E-state index in [0.29, 0.717) is 11.1 Å². The number of H-pyrrole nitrogens is 2. The summed E-state index contributed by atoms with van der Waals surface area (Å²) >= 11 is 0. The number of fused-ring (bicyclic) bond motifs is 2. The van der Waals surface area contributed by atoms with Crippen LogP contribution in [0.1, 0.15) is 105 Å². The van der Waals surface area contributed by atoms with E-state index in [4.69, 9.17) is 28.7 Å². The number of hydrogen-bond acceptors (Lipinski definition) is 13. The Morgan fingerprint density at radius 1 is 0.465 bits per heavy atom. The fourth-order valence-electron chi connectivity index (χ4n) is 9.48. The zero-order valence-electron chi connectivity index (χ0n) is 50.0. The van der Waals surface area contributed by atoms with Crippen molar-refractivity contribution < 1.29 is 53.4 Å². The molecule has 2 heterocycles. The molecule has 0 fully saturated rings. The molecule has 9 atom stereocenters. The van der Waals surface area contributed by atoms with Crippen LogP contribution in [0.4, 0.5) is 0 Å². The minimum atomic E-state index is -1.39. The van der Waals surface area contributed by atoms with Crippen LogP contribution in [0.15, 0.2) is 70.9 Å². The molecule has 2 aromatic carbocycles. The number of rotatable bonds is 36. The Morgan fingerprint density at radius 2 is 0.779 bits per heavy atom. The molecular weight excluding hydrogens is 1110 g/mol. The molecule has 0 aliphatic heterocycles. The molecule has 0 bridgehead atoms. The number of aromatic nitrogens is 2. The van der Waals surface area contributed by atoms with Crippen LogP contribution in [0.25, 0.3) is 21.8 Å². The normalized spacial score (nSPS) is 14.5. The zero-order chi connectivity index (χ0) is 63.8. The first kappa shape index (κ1) is 69.7. The summed E-state index contributed by atoms with van der Waals surface area (Å²) in [7, 11) is 0. The second kappa shape index (κ2) is 34.2. The maximum absolute atomic E-state index is 14.7. The van der Waals surface area contributed by atoms with Gasteiger partial charge in [-0.15, -0.1) is 0 Å². The van der Waals surface area contributed by atoms with Crippen molar-refractivity contribution in [3.05, 3.63) is 72.1 Å². The number of para-hydroxylation sites is 2. The number of aromatic amines is 2. The number of aliphatic carboxylic acids is 1. The Bertz CT molecular complexity index is 3000. The number of aliphatic imine (C=N–C) groups is 2. The van der Waals surface area contributed by atoms with Gasteiger partial charge in [0.25, 0.3) is 0 Å². The van der Waals surface area contributed by atoms with Crippen molar-refractivity contribution >= 4 is 87.0 Å². The van der Waals surface area contributed by atoms with Gasteiger partial charge in [-0.2, -0.15) is 0 Å². The van der Waals surface area contributed by atoms with E-state index in [1.54, 1.807) is 18.5 Å². The number of amides is 8. The number of hydrogen-bond donors (Lipinski definition) is 17. The molecule has 28 nitrogen and oxygen atoms in total. The second-order valence-corrected chi connectivity index (χ2v) is 22.7. The standard InChI is InChI=1S/C58H89N17O11/c1-30(2)22-43(71-48(77)38(59)29-76)51(80)74-47(26-35-28-67-40-17-11-9-15-37(35)40)55(84)70-42(19-13-21-65-58(62)63)50(79)72-44(23-31(3)4)52(81)73-45(24-32(5)6)53(82)75-46(25-34-27-66-39-16-10-8-14-36(34)39)54(83)69-41(18-12-20-64-57(60)61)49(78)68-33(7)56(85)86/h8-11,14-17,27-28,30-33,38,41-47,66-67,76H,12-13,18-26,29,59H2,1-7H3,(H,68,78)(H,69,83)(H,70,84)(H,71,77)(H,72,79)(H,73,81)(H,74,80)(H,75,82)(H,85,86)(H4,60,61,64)(H4,62,63,65)/t33-,38-,41-,42-,43-,44-,45-,46-,47-/m0/s1. The first-order valence-corrected chi connectivity index (χ1v) is 28.9. The van der Waals surface area contributed by atoms with Gasteiger partial charge in [-0.25, -0.2) is 0 Å². The SMILES string of the molecule is CC(C)C[C@H](NC(=O)[C@H](CC(C)C)NC(=O)[C@H](CCCN=C(N)N)NC(=O)[C@H](Cc1c[nH]c2ccccc12)NC(=O)[C@H](CC(C)C)NC(=O)[C@@H](N)CO)C(=O)N[C@@H](Cc1c[nH]c2ccccc12)C(=O)N[C@@H](CCCN=C(N)N)C(=O)N[C@@H](C)C(=O)O. The minimum Gasteiger partial charge on any atom is -0.480 e. The lowest BCUT2D eigenvalue weighted by Crippen LogP contribution is -2.61. The Kier molecular flexibility index (Phi) is 27.7. The number of aliphatic hydroxyl groups is 1. The van der Waals surface area contributed by atoms with E-state index < -0.39 is 114 Å². The van der Waals surface area contributed by atoms with E-state index in [9.17, 15) is 53.4 Å². The number of nitrogens with zero attached hydrogens (tertiary/aromatic N) is 2. The lowest BCUT2D eigenvalue weighted by molar-refractivity contribution is -0.142. The Morgan fingerprint density at radius 3 is 1.13 bits per heavy atom. The highest BCUT2D eigenvalue weighted by molar-refractivity contribution is 5.99. The summed E-state index contributed by atoms with van der Waals surface area (Å²) in [5, 5.41) is 42.2. The summed E-state index contributed by atoms with van der Waals surface area (Å²) in [5.41, 5.74) is 30.7. The quantitative estimate of drug-likeness (QED) is 0.0147.